The fraction of sp³-hybridized carbons (Fsp3) is 0.143. The Balaban J connectivity index is 2.09. The first kappa shape index (κ1) is 11.5. The van der Waals surface area contributed by atoms with Crippen LogP contribution in [0.4, 0.5) is 5.69 Å². The molecule has 2 rings (SSSR count). The van der Waals surface area contributed by atoms with E-state index in [1.54, 1.807) is 12.1 Å². The van der Waals surface area contributed by atoms with Crippen molar-refractivity contribution < 1.29 is 4.74 Å². The molecule has 0 radical (unpaired) electrons. The molecule has 0 aliphatic heterocycles. The van der Waals surface area contributed by atoms with E-state index in [0.717, 1.165) is 17.0 Å². The predicted octanol–water partition coefficient (Wildman–Crippen LogP) is 2.58. The maximum Gasteiger partial charge on any atom is 0.144 e. The van der Waals surface area contributed by atoms with Crippen molar-refractivity contribution in [2.75, 3.05) is 12.1 Å². The lowest BCUT2D eigenvalue weighted by Crippen LogP contribution is -2.25. The third kappa shape index (κ3) is 2.98. The highest BCUT2D eigenvalue weighted by Gasteiger charge is 2.04. The van der Waals surface area contributed by atoms with Crippen LogP contribution in [-0.4, -0.2) is 7.05 Å². The predicted molar refractivity (Wildman–Crippen MR) is 69.8 cm³/mol. The number of rotatable bonds is 4. The monoisotopic (exact) mass is 228 g/mol. The molecule has 0 saturated heterocycles. The summed E-state index contributed by atoms with van der Waals surface area (Å²) in [4.78, 5) is 0. The summed E-state index contributed by atoms with van der Waals surface area (Å²) in [6.45, 7) is 0.547. The number of para-hydroxylation sites is 2. The lowest BCUT2D eigenvalue weighted by molar-refractivity contribution is 0.307. The third-order valence-electron chi connectivity index (χ3n) is 2.48. The average Bonchev–Trinajstić information content (AvgIpc) is 2.38. The molecule has 0 atom stereocenters. The molecule has 0 fully saturated rings. The second kappa shape index (κ2) is 5.37. The van der Waals surface area contributed by atoms with Crippen molar-refractivity contribution in [1.29, 1.82) is 0 Å². The van der Waals surface area contributed by atoms with Gasteiger partial charge in [-0.3, -0.25) is 0 Å². The van der Waals surface area contributed by atoms with Gasteiger partial charge < -0.3 is 9.75 Å². The van der Waals surface area contributed by atoms with Crippen LogP contribution in [0.5, 0.6) is 5.75 Å². The molecule has 0 unspecified atom stereocenters. The Kier molecular flexibility index (Phi) is 3.62. The first-order valence-corrected chi connectivity index (χ1v) is 5.51. The molecule has 0 amide bonds. The van der Waals surface area contributed by atoms with Gasteiger partial charge in [-0.15, -0.1) is 0 Å². The Morgan fingerprint density at radius 2 is 1.65 bits per heavy atom. The van der Waals surface area contributed by atoms with E-state index in [-0.39, 0.29) is 0 Å². The molecule has 88 valence electrons. The second-order valence-electron chi connectivity index (χ2n) is 3.85. The second-order valence-corrected chi connectivity index (χ2v) is 3.85. The highest BCUT2D eigenvalue weighted by molar-refractivity contribution is 5.56. The van der Waals surface area contributed by atoms with Crippen molar-refractivity contribution in [3.63, 3.8) is 0 Å². The zero-order valence-electron chi connectivity index (χ0n) is 9.84. The fourth-order valence-electron chi connectivity index (χ4n) is 1.61. The summed E-state index contributed by atoms with van der Waals surface area (Å²) in [7, 11) is 1.80. The summed E-state index contributed by atoms with van der Waals surface area (Å²) in [5.74, 6) is 6.53. The van der Waals surface area contributed by atoms with Gasteiger partial charge in [-0.1, -0.05) is 42.5 Å². The number of anilines is 1. The van der Waals surface area contributed by atoms with Gasteiger partial charge in [-0.2, -0.15) is 0 Å². The molecule has 0 bridgehead atoms. The smallest absolute Gasteiger partial charge is 0.144 e. The minimum atomic E-state index is 0.547. The average molecular weight is 228 g/mol. The molecule has 17 heavy (non-hydrogen) atoms. The fourth-order valence-corrected chi connectivity index (χ4v) is 1.61. The third-order valence-corrected chi connectivity index (χ3v) is 2.48. The maximum atomic E-state index is 5.76. The highest BCUT2D eigenvalue weighted by atomic mass is 16.5. The van der Waals surface area contributed by atoms with Gasteiger partial charge in [0.05, 0.1) is 5.69 Å². The number of benzene rings is 2. The molecule has 3 heteroatoms. The van der Waals surface area contributed by atoms with Gasteiger partial charge in [-0.25, -0.2) is 5.84 Å². The van der Waals surface area contributed by atoms with E-state index in [4.69, 9.17) is 10.6 Å². The van der Waals surface area contributed by atoms with E-state index >= 15 is 0 Å². The summed E-state index contributed by atoms with van der Waals surface area (Å²) in [6.07, 6.45) is 0. The van der Waals surface area contributed by atoms with E-state index in [0.29, 0.717) is 6.61 Å². The van der Waals surface area contributed by atoms with Gasteiger partial charge in [0, 0.05) is 7.05 Å². The largest absolute Gasteiger partial charge is 0.487 e. The van der Waals surface area contributed by atoms with Gasteiger partial charge in [0.1, 0.15) is 12.4 Å². The Bertz CT molecular complexity index is 469. The molecule has 0 saturated carbocycles. The van der Waals surface area contributed by atoms with E-state index in [9.17, 15) is 0 Å². The van der Waals surface area contributed by atoms with Crippen molar-refractivity contribution in [2.24, 2.45) is 5.84 Å². The number of hydrazine groups is 1. The van der Waals surface area contributed by atoms with Crippen LogP contribution in [0.25, 0.3) is 0 Å². The van der Waals surface area contributed by atoms with Gasteiger partial charge in [0.25, 0.3) is 0 Å². The van der Waals surface area contributed by atoms with Crippen LogP contribution in [0.15, 0.2) is 54.6 Å². The molecule has 2 aromatic rings. The van der Waals surface area contributed by atoms with Crippen molar-refractivity contribution in [3.05, 3.63) is 60.2 Å². The topological polar surface area (TPSA) is 38.5 Å². The van der Waals surface area contributed by atoms with E-state index < -0.39 is 0 Å². The van der Waals surface area contributed by atoms with Crippen molar-refractivity contribution in [2.45, 2.75) is 6.61 Å². The molecule has 2 N–H and O–H groups in total. The molecule has 0 aromatic heterocycles. The Morgan fingerprint density at radius 1 is 1.00 bits per heavy atom. The van der Waals surface area contributed by atoms with Crippen molar-refractivity contribution in [1.82, 2.24) is 0 Å². The lowest BCUT2D eigenvalue weighted by atomic mass is 10.2. The van der Waals surface area contributed by atoms with Crippen LogP contribution < -0.4 is 15.6 Å². The zero-order valence-corrected chi connectivity index (χ0v) is 9.84. The number of hydrogen-bond donors (Lipinski definition) is 1. The normalized spacial score (nSPS) is 10.0. The Hall–Kier alpha value is -2.00. The van der Waals surface area contributed by atoms with Crippen molar-refractivity contribution >= 4 is 5.69 Å². The summed E-state index contributed by atoms with van der Waals surface area (Å²) >= 11 is 0. The molecule has 2 aromatic carbocycles. The zero-order chi connectivity index (χ0) is 12.1. The molecule has 0 aliphatic carbocycles. The van der Waals surface area contributed by atoms with Crippen LogP contribution >= 0.6 is 0 Å². The molecular weight excluding hydrogens is 212 g/mol. The minimum Gasteiger partial charge on any atom is -0.487 e. The molecule has 3 nitrogen and oxygen atoms in total. The van der Waals surface area contributed by atoms with E-state index in [1.807, 2.05) is 54.6 Å². The molecule has 0 spiro atoms. The first-order chi connectivity index (χ1) is 8.27. The van der Waals surface area contributed by atoms with E-state index in [1.165, 1.54) is 0 Å². The van der Waals surface area contributed by atoms with Crippen LogP contribution in [0.1, 0.15) is 5.56 Å². The van der Waals surface area contributed by atoms with Gasteiger partial charge in [0.2, 0.25) is 0 Å². The van der Waals surface area contributed by atoms with E-state index in [2.05, 4.69) is 0 Å². The van der Waals surface area contributed by atoms with Crippen LogP contribution in [-0.2, 0) is 6.61 Å². The van der Waals surface area contributed by atoms with Crippen LogP contribution in [0.2, 0.25) is 0 Å². The lowest BCUT2D eigenvalue weighted by Gasteiger charge is -2.17. The Labute approximate surface area is 101 Å². The van der Waals surface area contributed by atoms with Gasteiger partial charge in [-0.05, 0) is 17.7 Å². The number of ether oxygens (including phenoxy) is 1. The number of hydrogen-bond acceptors (Lipinski definition) is 3. The van der Waals surface area contributed by atoms with Gasteiger partial charge >= 0.3 is 0 Å². The number of nitrogens with zero attached hydrogens (tertiary/aromatic N) is 1. The minimum absolute atomic E-state index is 0.547. The standard InChI is InChI=1S/C14H16N2O/c1-16(15)13-9-5-6-10-14(13)17-11-12-7-3-2-4-8-12/h2-10H,11,15H2,1H3. The first-order valence-electron chi connectivity index (χ1n) is 5.51. The van der Waals surface area contributed by atoms with Gasteiger partial charge in [0.15, 0.2) is 0 Å². The quantitative estimate of drug-likeness (QED) is 0.645. The summed E-state index contributed by atoms with van der Waals surface area (Å²) in [5.41, 5.74) is 2.02. The van der Waals surface area contributed by atoms with Crippen LogP contribution in [0, 0.1) is 0 Å². The summed E-state index contributed by atoms with van der Waals surface area (Å²) in [5, 5.41) is 1.56. The SMILES string of the molecule is CN(N)c1ccccc1OCc1ccccc1. The molecule has 0 aliphatic rings. The number of nitrogens with two attached hydrogens (primary N) is 1. The van der Waals surface area contributed by atoms with Crippen LogP contribution in [0.3, 0.4) is 0 Å². The summed E-state index contributed by atoms with van der Waals surface area (Å²) < 4.78 is 5.76. The molecule has 0 heterocycles. The Morgan fingerprint density at radius 3 is 2.35 bits per heavy atom. The van der Waals surface area contributed by atoms with Crippen molar-refractivity contribution in [3.8, 4) is 5.75 Å². The highest BCUT2D eigenvalue weighted by Crippen LogP contribution is 2.25. The molecular formula is C14H16N2O. The summed E-state index contributed by atoms with van der Waals surface area (Å²) in [6, 6.07) is 17.8. The maximum absolute atomic E-state index is 5.76.